The maximum Gasteiger partial charge on any atom is 0.235 e. The highest BCUT2D eigenvalue weighted by molar-refractivity contribution is 5.37. The minimum atomic E-state index is -0.520. The standard InChI is InChI=1S/C12H18N2O2/c1-10-6-12(14-9-16,7-13-8-15)5-4-11(10,2)3/h10H,4-7H2,1-3H3. The first-order valence-corrected chi connectivity index (χ1v) is 5.58. The van der Waals surface area contributed by atoms with Crippen molar-refractivity contribution in [2.24, 2.45) is 21.3 Å². The summed E-state index contributed by atoms with van der Waals surface area (Å²) in [5.41, 5.74) is -0.263. The average Bonchev–Trinajstić information content (AvgIpc) is 2.22. The summed E-state index contributed by atoms with van der Waals surface area (Å²) in [5, 5.41) is 0. The highest BCUT2D eigenvalue weighted by Gasteiger charge is 2.42. The smallest absolute Gasteiger partial charge is 0.211 e. The van der Waals surface area contributed by atoms with Crippen molar-refractivity contribution in [1.82, 2.24) is 0 Å². The topological polar surface area (TPSA) is 58.9 Å². The summed E-state index contributed by atoms with van der Waals surface area (Å²) in [6, 6.07) is 0. The van der Waals surface area contributed by atoms with Crippen LogP contribution in [0, 0.1) is 11.3 Å². The molecule has 4 nitrogen and oxygen atoms in total. The normalized spacial score (nSPS) is 32.3. The maximum absolute atomic E-state index is 10.5. The Morgan fingerprint density at radius 3 is 2.44 bits per heavy atom. The van der Waals surface area contributed by atoms with E-state index >= 15 is 0 Å². The van der Waals surface area contributed by atoms with Crippen LogP contribution in [0.2, 0.25) is 0 Å². The molecule has 0 aromatic rings. The van der Waals surface area contributed by atoms with Crippen LogP contribution in [-0.4, -0.2) is 24.2 Å². The Bertz CT molecular complexity index is 352. The van der Waals surface area contributed by atoms with Gasteiger partial charge in [0.1, 0.15) is 0 Å². The molecule has 1 rings (SSSR count). The lowest BCUT2D eigenvalue weighted by Gasteiger charge is -2.44. The number of aliphatic imine (C=N–C) groups is 2. The van der Waals surface area contributed by atoms with Crippen LogP contribution >= 0.6 is 0 Å². The number of isocyanates is 2. The molecule has 1 saturated carbocycles. The van der Waals surface area contributed by atoms with E-state index in [0.29, 0.717) is 5.92 Å². The van der Waals surface area contributed by atoms with E-state index in [1.165, 1.54) is 6.08 Å². The van der Waals surface area contributed by atoms with Gasteiger partial charge in [-0.1, -0.05) is 20.8 Å². The molecule has 4 heteroatoms. The first kappa shape index (κ1) is 12.8. The van der Waals surface area contributed by atoms with Gasteiger partial charge in [-0.3, -0.25) is 0 Å². The first-order valence-electron chi connectivity index (χ1n) is 5.58. The molecule has 0 bridgehead atoms. The Kier molecular flexibility index (Phi) is 3.79. The average molecular weight is 222 g/mol. The van der Waals surface area contributed by atoms with Crippen molar-refractivity contribution in [1.29, 1.82) is 0 Å². The van der Waals surface area contributed by atoms with Crippen LogP contribution in [0.5, 0.6) is 0 Å². The minimum Gasteiger partial charge on any atom is -0.211 e. The van der Waals surface area contributed by atoms with E-state index < -0.39 is 5.54 Å². The molecular weight excluding hydrogens is 204 g/mol. The number of carbonyl (C=O) groups excluding carboxylic acids is 2. The summed E-state index contributed by atoms with van der Waals surface area (Å²) in [6.45, 7) is 6.84. The number of nitrogens with zero attached hydrogens (tertiary/aromatic N) is 2. The van der Waals surface area contributed by atoms with E-state index in [1.807, 2.05) is 0 Å². The van der Waals surface area contributed by atoms with Crippen molar-refractivity contribution >= 4 is 12.2 Å². The van der Waals surface area contributed by atoms with Gasteiger partial charge in [-0.15, -0.1) is 0 Å². The fraction of sp³-hybridized carbons (Fsp3) is 0.833. The van der Waals surface area contributed by atoms with E-state index in [0.717, 1.165) is 19.3 Å². The van der Waals surface area contributed by atoms with Gasteiger partial charge in [0.25, 0.3) is 0 Å². The van der Waals surface area contributed by atoms with Crippen molar-refractivity contribution in [3.8, 4) is 0 Å². The molecule has 0 spiro atoms. The Morgan fingerprint density at radius 1 is 1.25 bits per heavy atom. The van der Waals surface area contributed by atoms with Crippen molar-refractivity contribution in [3.63, 3.8) is 0 Å². The number of hydrogen-bond acceptors (Lipinski definition) is 4. The fourth-order valence-electron chi connectivity index (χ4n) is 2.31. The SMILES string of the molecule is CC1CC(CN=C=O)(N=C=O)CCC1(C)C. The van der Waals surface area contributed by atoms with Gasteiger partial charge in [-0.25, -0.2) is 14.6 Å². The summed E-state index contributed by atoms with van der Waals surface area (Å²) in [5.74, 6) is 0.445. The van der Waals surface area contributed by atoms with Crippen LogP contribution in [0.15, 0.2) is 9.98 Å². The molecule has 0 amide bonds. The van der Waals surface area contributed by atoms with Gasteiger partial charge in [-0.05, 0) is 30.6 Å². The largest absolute Gasteiger partial charge is 0.235 e. The zero-order valence-corrected chi connectivity index (χ0v) is 10.1. The zero-order chi connectivity index (χ0) is 12.2. The molecule has 88 valence electrons. The fourth-order valence-corrected chi connectivity index (χ4v) is 2.31. The molecule has 1 aliphatic rings. The Labute approximate surface area is 95.9 Å². The molecule has 0 N–H and O–H groups in total. The Balaban J connectivity index is 2.89. The summed E-state index contributed by atoms with van der Waals surface area (Å²) < 4.78 is 0. The summed E-state index contributed by atoms with van der Waals surface area (Å²) >= 11 is 0. The molecule has 1 aliphatic carbocycles. The lowest BCUT2D eigenvalue weighted by molar-refractivity contribution is 0.0982. The highest BCUT2D eigenvalue weighted by atomic mass is 16.1. The minimum absolute atomic E-state index is 0.256. The number of rotatable bonds is 3. The third kappa shape index (κ3) is 2.66. The van der Waals surface area contributed by atoms with Crippen molar-refractivity contribution in [2.45, 2.75) is 45.6 Å². The van der Waals surface area contributed by atoms with E-state index in [4.69, 9.17) is 0 Å². The Morgan fingerprint density at radius 2 is 1.94 bits per heavy atom. The molecule has 0 radical (unpaired) electrons. The summed E-state index contributed by atoms with van der Waals surface area (Å²) in [6.07, 6.45) is 5.68. The second-order valence-electron chi connectivity index (χ2n) is 5.43. The van der Waals surface area contributed by atoms with Gasteiger partial charge in [-0.2, -0.15) is 4.99 Å². The van der Waals surface area contributed by atoms with E-state index in [2.05, 4.69) is 30.8 Å². The van der Waals surface area contributed by atoms with Gasteiger partial charge in [0.2, 0.25) is 12.2 Å². The van der Waals surface area contributed by atoms with Gasteiger partial charge in [0, 0.05) is 0 Å². The third-order valence-corrected chi connectivity index (χ3v) is 3.98. The zero-order valence-electron chi connectivity index (χ0n) is 10.1. The van der Waals surface area contributed by atoms with Crippen LogP contribution in [0.1, 0.15) is 40.0 Å². The lowest BCUT2D eigenvalue weighted by Crippen LogP contribution is -2.42. The quantitative estimate of drug-likeness (QED) is 0.543. The van der Waals surface area contributed by atoms with Gasteiger partial charge in [0.05, 0.1) is 12.1 Å². The molecule has 0 saturated heterocycles. The molecule has 0 heterocycles. The van der Waals surface area contributed by atoms with Gasteiger partial charge >= 0.3 is 0 Å². The van der Waals surface area contributed by atoms with Crippen LogP contribution in [0.4, 0.5) is 0 Å². The van der Waals surface area contributed by atoms with Gasteiger partial charge < -0.3 is 0 Å². The van der Waals surface area contributed by atoms with E-state index in [9.17, 15) is 9.59 Å². The molecule has 2 atom stereocenters. The van der Waals surface area contributed by atoms with Crippen LogP contribution in [0.3, 0.4) is 0 Å². The summed E-state index contributed by atoms with van der Waals surface area (Å²) in [7, 11) is 0. The second-order valence-corrected chi connectivity index (χ2v) is 5.43. The Hall–Kier alpha value is -1.24. The van der Waals surface area contributed by atoms with Crippen LogP contribution in [0.25, 0.3) is 0 Å². The lowest BCUT2D eigenvalue weighted by atomic mass is 9.63. The molecule has 0 aromatic heterocycles. The van der Waals surface area contributed by atoms with Crippen LogP contribution in [-0.2, 0) is 9.59 Å². The third-order valence-electron chi connectivity index (χ3n) is 3.98. The maximum atomic E-state index is 10.5. The van der Waals surface area contributed by atoms with Crippen molar-refractivity contribution in [2.75, 3.05) is 6.54 Å². The molecule has 0 aliphatic heterocycles. The van der Waals surface area contributed by atoms with Crippen LogP contribution < -0.4 is 0 Å². The van der Waals surface area contributed by atoms with E-state index in [-0.39, 0.29) is 12.0 Å². The monoisotopic (exact) mass is 222 g/mol. The first-order chi connectivity index (χ1) is 7.46. The number of hydrogen-bond donors (Lipinski definition) is 0. The molecule has 0 aromatic carbocycles. The van der Waals surface area contributed by atoms with Gasteiger partial charge in [0.15, 0.2) is 0 Å². The predicted octanol–water partition coefficient (Wildman–Crippen LogP) is 2.24. The highest BCUT2D eigenvalue weighted by Crippen LogP contribution is 2.46. The van der Waals surface area contributed by atoms with E-state index in [1.54, 1.807) is 6.08 Å². The van der Waals surface area contributed by atoms with Crippen molar-refractivity contribution < 1.29 is 9.59 Å². The second kappa shape index (κ2) is 4.73. The summed E-state index contributed by atoms with van der Waals surface area (Å²) in [4.78, 5) is 28.1. The van der Waals surface area contributed by atoms with Crippen molar-refractivity contribution in [3.05, 3.63) is 0 Å². The molecule has 16 heavy (non-hydrogen) atoms. The molecule has 2 unspecified atom stereocenters. The molecular formula is C12H18N2O2. The predicted molar refractivity (Wildman–Crippen MR) is 60.6 cm³/mol. The molecule has 1 fully saturated rings.